The summed E-state index contributed by atoms with van der Waals surface area (Å²) in [5.41, 5.74) is 0. The highest BCUT2D eigenvalue weighted by atomic mass is 32.2. The zero-order valence-corrected chi connectivity index (χ0v) is 14.1. The van der Waals surface area contributed by atoms with Crippen molar-refractivity contribution in [3.05, 3.63) is 35.9 Å². The molecule has 1 aromatic carbocycles. The number of hydrogen-bond donors (Lipinski definition) is 1. The number of rotatable bonds is 8. The van der Waals surface area contributed by atoms with Gasteiger partial charge in [0.1, 0.15) is 24.0 Å². The van der Waals surface area contributed by atoms with Crippen LogP contribution in [0, 0.1) is 5.82 Å². The molecule has 2 aromatic rings. The summed E-state index contributed by atoms with van der Waals surface area (Å²) in [6.45, 7) is 0.172. The van der Waals surface area contributed by atoms with Crippen LogP contribution in [0.3, 0.4) is 0 Å². The van der Waals surface area contributed by atoms with E-state index in [0.29, 0.717) is 23.5 Å². The zero-order chi connectivity index (χ0) is 16.5. The SMILES string of the molecule is OC(COc1ccc(F)cc1)CSc1nnc(C2CC2)n1C1CC1. The maximum absolute atomic E-state index is 12.8. The lowest BCUT2D eigenvalue weighted by Crippen LogP contribution is -2.20. The number of aromatic nitrogens is 3. The summed E-state index contributed by atoms with van der Waals surface area (Å²) >= 11 is 1.53. The van der Waals surface area contributed by atoms with Gasteiger partial charge < -0.3 is 14.4 Å². The molecule has 1 unspecified atom stereocenters. The quantitative estimate of drug-likeness (QED) is 0.742. The first-order chi connectivity index (χ1) is 11.7. The van der Waals surface area contributed by atoms with Gasteiger partial charge in [-0.05, 0) is 49.9 Å². The van der Waals surface area contributed by atoms with Crippen molar-refractivity contribution in [2.75, 3.05) is 12.4 Å². The maximum Gasteiger partial charge on any atom is 0.191 e. The average Bonchev–Trinajstić information content (AvgIpc) is 3.51. The van der Waals surface area contributed by atoms with E-state index in [0.717, 1.165) is 11.0 Å². The maximum atomic E-state index is 12.8. The molecule has 5 nitrogen and oxygen atoms in total. The van der Waals surface area contributed by atoms with E-state index in [4.69, 9.17) is 4.74 Å². The van der Waals surface area contributed by atoms with Gasteiger partial charge in [-0.3, -0.25) is 0 Å². The monoisotopic (exact) mass is 349 g/mol. The first-order valence-corrected chi connectivity index (χ1v) is 9.33. The summed E-state index contributed by atoms with van der Waals surface area (Å²) in [7, 11) is 0. The fraction of sp³-hybridized carbons (Fsp3) is 0.529. The Hall–Kier alpha value is -1.60. The van der Waals surface area contributed by atoms with E-state index >= 15 is 0 Å². The summed E-state index contributed by atoms with van der Waals surface area (Å²) in [4.78, 5) is 0. The number of halogens is 1. The van der Waals surface area contributed by atoms with Crippen LogP contribution in [0.5, 0.6) is 5.75 Å². The molecule has 0 amide bonds. The number of aliphatic hydroxyl groups excluding tert-OH is 1. The van der Waals surface area contributed by atoms with E-state index in [1.807, 2.05) is 0 Å². The van der Waals surface area contributed by atoms with Crippen LogP contribution < -0.4 is 4.74 Å². The zero-order valence-electron chi connectivity index (χ0n) is 13.3. The van der Waals surface area contributed by atoms with Gasteiger partial charge >= 0.3 is 0 Å². The van der Waals surface area contributed by atoms with Gasteiger partial charge in [0.2, 0.25) is 0 Å². The van der Waals surface area contributed by atoms with Crippen LogP contribution in [0.4, 0.5) is 4.39 Å². The Kier molecular flexibility index (Phi) is 4.45. The van der Waals surface area contributed by atoms with Gasteiger partial charge in [0.25, 0.3) is 0 Å². The second-order valence-corrected chi connectivity index (χ2v) is 7.43. The summed E-state index contributed by atoms with van der Waals surface area (Å²) < 4.78 is 20.6. The molecule has 0 spiro atoms. The molecule has 2 aliphatic carbocycles. The van der Waals surface area contributed by atoms with Crippen LogP contribution in [-0.2, 0) is 0 Å². The van der Waals surface area contributed by atoms with Crippen LogP contribution in [-0.4, -0.2) is 38.3 Å². The second-order valence-electron chi connectivity index (χ2n) is 6.45. The molecule has 128 valence electrons. The Morgan fingerprint density at radius 3 is 2.62 bits per heavy atom. The second kappa shape index (κ2) is 6.72. The smallest absolute Gasteiger partial charge is 0.191 e. The minimum Gasteiger partial charge on any atom is -0.491 e. The van der Waals surface area contributed by atoms with Crippen molar-refractivity contribution in [1.29, 1.82) is 0 Å². The summed E-state index contributed by atoms with van der Waals surface area (Å²) in [5.74, 6) is 2.45. The van der Waals surface area contributed by atoms with Crippen molar-refractivity contribution < 1.29 is 14.2 Å². The highest BCUT2D eigenvalue weighted by molar-refractivity contribution is 7.99. The lowest BCUT2D eigenvalue weighted by atomic mass is 10.3. The Labute approximate surface area is 144 Å². The van der Waals surface area contributed by atoms with Crippen LogP contribution in [0.25, 0.3) is 0 Å². The Morgan fingerprint density at radius 1 is 1.21 bits per heavy atom. The lowest BCUT2D eigenvalue weighted by Gasteiger charge is -2.13. The largest absolute Gasteiger partial charge is 0.491 e. The normalized spacial score (nSPS) is 18.6. The molecule has 0 radical (unpaired) electrons. The summed E-state index contributed by atoms with van der Waals surface area (Å²) in [5, 5.41) is 19.7. The van der Waals surface area contributed by atoms with Gasteiger partial charge in [-0.15, -0.1) is 10.2 Å². The molecule has 1 aromatic heterocycles. The van der Waals surface area contributed by atoms with Crippen molar-refractivity contribution in [3.63, 3.8) is 0 Å². The number of nitrogens with zero attached hydrogens (tertiary/aromatic N) is 3. The molecule has 4 rings (SSSR count). The number of ether oxygens (including phenoxy) is 1. The molecule has 1 N–H and O–H groups in total. The Balaban J connectivity index is 1.31. The highest BCUT2D eigenvalue weighted by Gasteiger charge is 2.36. The molecular weight excluding hydrogens is 329 g/mol. The lowest BCUT2D eigenvalue weighted by molar-refractivity contribution is 0.126. The Bertz CT molecular complexity index is 698. The first kappa shape index (κ1) is 15.9. The van der Waals surface area contributed by atoms with E-state index in [1.165, 1.54) is 49.6 Å². The molecule has 0 saturated heterocycles. The number of aliphatic hydroxyl groups is 1. The number of hydrogen-bond acceptors (Lipinski definition) is 5. The minimum absolute atomic E-state index is 0.172. The molecule has 1 atom stereocenters. The van der Waals surface area contributed by atoms with Crippen molar-refractivity contribution in [2.45, 2.75) is 48.9 Å². The fourth-order valence-electron chi connectivity index (χ4n) is 2.62. The molecule has 0 bridgehead atoms. The van der Waals surface area contributed by atoms with Crippen LogP contribution >= 0.6 is 11.8 Å². The van der Waals surface area contributed by atoms with Gasteiger partial charge in [-0.2, -0.15) is 0 Å². The first-order valence-electron chi connectivity index (χ1n) is 8.34. The van der Waals surface area contributed by atoms with E-state index in [-0.39, 0.29) is 12.4 Å². The Morgan fingerprint density at radius 2 is 1.96 bits per heavy atom. The van der Waals surface area contributed by atoms with Crippen molar-refractivity contribution >= 4 is 11.8 Å². The van der Waals surface area contributed by atoms with E-state index in [9.17, 15) is 9.50 Å². The third-order valence-electron chi connectivity index (χ3n) is 4.21. The summed E-state index contributed by atoms with van der Waals surface area (Å²) in [6, 6.07) is 6.34. The average molecular weight is 349 g/mol. The molecule has 1 heterocycles. The molecule has 2 fully saturated rings. The number of benzene rings is 1. The number of thioether (sulfide) groups is 1. The predicted molar refractivity (Wildman–Crippen MR) is 88.9 cm³/mol. The molecule has 2 saturated carbocycles. The van der Waals surface area contributed by atoms with Crippen LogP contribution in [0.1, 0.15) is 43.5 Å². The predicted octanol–water partition coefficient (Wildman–Crippen LogP) is 3.16. The van der Waals surface area contributed by atoms with E-state index in [2.05, 4.69) is 14.8 Å². The molecule has 0 aliphatic heterocycles. The van der Waals surface area contributed by atoms with Gasteiger partial charge in [-0.25, -0.2) is 4.39 Å². The molecule has 2 aliphatic rings. The van der Waals surface area contributed by atoms with Crippen LogP contribution in [0.15, 0.2) is 29.4 Å². The third-order valence-corrected chi connectivity index (χ3v) is 5.29. The standard InChI is InChI=1S/C17H20FN3O2S/c18-12-3-7-15(8-4-12)23-9-14(22)10-24-17-20-19-16(11-1-2-11)21(17)13-5-6-13/h3-4,7-8,11,13-14,22H,1-2,5-6,9-10H2. The van der Waals surface area contributed by atoms with Gasteiger partial charge in [-0.1, -0.05) is 11.8 Å². The topological polar surface area (TPSA) is 60.2 Å². The van der Waals surface area contributed by atoms with Crippen molar-refractivity contribution in [1.82, 2.24) is 14.8 Å². The van der Waals surface area contributed by atoms with E-state index in [1.54, 1.807) is 12.1 Å². The van der Waals surface area contributed by atoms with Crippen molar-refractivity contribution in [3.8, 4) is 5.75 Å². The van der Waals surface area contributed by atoms with Gasteiger partial charge in [0.05, 0.1) is 6.10 Å². The molecule has 7 heteroatoms. The van der Waals surface area contributed by atoms with E-state index < -0.39 is 6.10 Å². The highest BCUT2D eigenvalue weighted by Crippen LogP contribution is 2.46. The van der Waals surface area contributed by atoms with Gasteiger partial charge in [0, 0.05) is 17.7 Å². The fourth-order valence-corrected chi connectivity index (χ4v) is 3.54. The molecular formula is C17H20FN3O2S. The third kappa shape index (κ3) is 3.72. The molecule has 24 heavy (non-hydrogen) atoms. The van der Waals surface area contributed by atoms with Crippen molar-refractivity contribution in [2.24, 2.45) is 0 Å². The van der Waals surface area contributed by atoms with Crippen LogP contribution in [0.2, 0.25) is 0 Å². The summed E-state index contributed by atoms with van der Waals surface area (Å²) in [6.07, 6.45) is 4.20. The minimum atomic E-state index is -0.617. The van der Waals surface area contributed by atoms with Gasteiger partial charge in [0.15, 0.2) is 5.16 Å².